The maximum atomic E-state index is 12.7. The molecule has 0 N–H and O–H groups in total. The minimum Gasteiger partial charge on any atom is -0.493 e. The third kappa shape index (κ3) is 4.82. The average Bonchev–Trinajstić information content (AvgIpc) is 2.97. The van der Waals surface area contributed by atoms with Crippen LogP contribution in [0.25, 0.3) is 6.08 Å². The number of hydrogen-bond acceptors (Lipinski definition) is 5. The lowest BCUT2D eigenvalue weighted by atomic mass is 10.1. The highest BCUT2D eigenvalue weighted by Gasteiger charge is 2.30. The Labute approximate surface area is 176 Å². The van der Waals surface area contributed by atoms with E-state index in [1.54, 1.807) is 19.1 Å². The lowest BCUT2D eigenvalue weighted by Crippen LogP contribution is -2.23. The number of amides is 1. The molecular formula is C23H26N2O3S. The molecule has 0 aromatic heterocycles. The van der Waals surface area contributed by atoms with Crippen LogP contribution < -0.4 is 9.47 Å². The monoisotopic (exact) mass is 410 g/mol. The fraction of sp³-hybridized carbons (Fsp3) is 0.304. The molecule has 3 rings (SSSR count). The topological polar surface area (TPSA) is 51.1 Å². The number of aryl methyl sites for hydroxylation is 2. The van der Waals surface area contributed by atoms with Gasteiger partial charge in [-0.3, -0.25) is 9.69 Å². The van der Waals surface area contributed by atoms with E-state index in [0.29, 0.717) is 28.2 Å². The van der Waals surface area contributed by atoms with Gasteiger partial charge in [-0.25, -0.2) is 4.99 Å². The molecule has 1 amide bonds. The number of carbonyl (C=O) groups excluding carboxylic acids is 1. The summed E-state index contributed by atoms with van der Waals surface area (Å²) in [4.78, 5) is 19.6. The van der Waals surface area contributed by atoms with Gasteiger partial charge in [0.05, 0.1) is 24.3 Å². The zero-order valence-corrected chi connectivity index (χ0v) is 18.3. The normalized spacial score (nSPS) is 16.7. The molecule has 6 heteroatoms. The van der Waals surface area contributed by atoms with Crippen molar-refractivity contribution in [3.05, 3.63) is 58.0 Å². The van der Waals surface area contributed by atoms with Crippen molar-refractivity contribution < 1.29 is 14.3 Å². The number of methoxy groups -OCH3 is 1. The first-order chi connectivity index (χ1) is 13.9. The summed E-state index contributed by atoms with van der Waals surface area (Å²) in [7, 11) is 3.36. The number of carbonyl (C=O) groups is 1. The molecule has 0 spiro atoms. The Kier molecular flexibility index (Phi) is 6.64. The maximum Gasteiger partial charge on any atom is 0.266 e. The Hall–Kier alpha value is -2.73. The predicted octanol–water partition coefficient (Wildman–Crippen LogP) is 5.33. The largest absolute Gasteiger partial charge is 0.493 e. The zero-order chi connectivity index (χ0) is 21.0. The van der Waals surface area contributed by atoms with Gasteiger partial charge in [-0.15, -0.1) is 0 Å². The summed E-state index contributed by atoms with van der Waals surface area (Å²) in [5, 5.41) is 0.666. The van der Waals surface area contributed by atoms with Gasteiger partial charge in [0.15, 0.2) is 16.7 Å². The van der Waals surface area contributed by atoms with Gasteiger partial charge in [0.25, 0.3) is 5.91 Å². The van der Waals surface area contributed by atoms with Gasteiger partial charge in [-0.05, 0) is 79.1 Å². The number of aliphatic imine (C=N–C) groups is 1. The second kappa shape index (κ2) is 9.18. The molecule has 0 bridgehead atoms. The molecule has 0 unspecified atom stereocenters. The molecule has 152 valence electrons. The summed E-state index contributed by atoms with van der Waals surface area (Å²) in [6, 6.07) is 11.7. The number of rotatable bonds is 6. The van der Waals surface area contributed by atoms with Crippen molar-refractivity contribution in [3.63, 3.8) is 0 Å². The average molecular weight is 411 g/mol. The smallest absolute Gasteiger partial charge is 0.266 e. The van der Waals surface area contributed by atoms with Crippen LogP contribution in [-0.2, 0) is 4.79 Å². The number of amidine groups is 1. The van der Waals surface area contributed by atoms with E-state index < -0.39 is 0 Å². The Bertz CT molecular complexity index is 982. The molecule has 0 radical (unpaired) electrons. The van der Waals surface area contributed by atoms with Crippen molar-refractivity contribution in [2.45, 2.75) is 27.2 Å². The van der Waals surface area contributed by atoms with Gasteiger partial charge in [-0.2, -0.15) is 0 Å². The van der Waals surface area contributed by atoms with Crippen LogP contribution in [0, 0.1) is 13.8 Å². The molecule has 1 saturated heterocycles. The molecule has 5 nitrogen and oxygen atoms in total. The highest BCUT2D eigenvalue weighted by molar-refractivity contribution is 8.18. The molecule has 0 saturated carbocycles. The van der Waals surface area contributed by atoms with Crippen LogP contribution in [0.3, 0.4) is 0 Å². The van der Waals surface area contributed by atoms with Gasteiger partial charge in [0, 0.05) is 7.05 Å². The van der Waals surface area contributed by atoms with Crippen LogP contribution in [0.4, 0.5) is 5.69 Å². The van der Waals surface area contributed by atoms with Crippen LogP contribution in [-0.4, -0.2) is 36.7 Å². The van der Waals surface area contributed by atoms with Crippen LogP contribution in [0.5, 0.6) is 11.5 Å². The number of hydrogen-bond donors (Lipinski definition) is 0. The lowest BCUT2D eigenvalue weighted by Gasteiger charge is -2.10. The van der Waals surface area contributed by atoms with Crippen LogP contribution in [0.15, 0.2) is 46.3 Å². The van der Waals surface area contributed by atoms with E-state index in [0.717, 1.165) is 17.7 Å². The van der Waals surface area contributed by atoms with E-state index >= 15 is 0 Å². The molecule has 1 aliphatic heterocycles. The summed E-state index contributed by atoms with van der Waals surface area (Å²) in [5.74, 6) is 1.29. The van der Waals surface area contributed by atoms with Crippen molar-refractivity contribution in [1.29, 1.82) is 0 Å². The number of ether oxygens (including phenoxy) is 2. The molecule has 0 aliphatic carbocycles. The molecular weight excluding hydrogens is 384 g/mol. The quantitative estimate of drug-likeness (QED) is 0.604. The van der Waals surface area contributed by atoms with Gasteiger partial charge >= 0.3 is 0 Å². The summed E-state index contributed by atoms with van der Waals surface area (Å²) < 4.78 is 11.1. The van der Waals surface area contributed by atoms with E-state index in [4.69, 9.17) is 9.47 Å². The molecule has 2 aromatic rings. The fourth-order valence-corrected chi connectivity index (χ4v) is 3.80. The first-order valence-corrected chi connectivity index (χ1v) is 10.4. The maximum absolute atomic E-state index is 12.7. The molecule has 1 aliphatic rings. The highest BCUT2D eigenvalue weighted by atomic mass is 32.2. The number of thioether (sulfide) groups is 1. The van der Waals surface area contributed by atoms with E-state index in [9.17, 15) is 4.79 Å². The molecule has 1 heterocycles. The summed E-state index contributed by atoms with van der Waals surface area (Å²) >= 11 is 1.37. The van der Waals surface area contributed by atoms with E-state index in [-0.39, 0.29) is 5.91 Å². The Morgan fingerprint density at radius 1 is 1.10 bits per heavy atom. The van der Waals surface area contributed by atoms with Gasteiger partial charge < -0.3 is 9.47 Å². The van der Waals surface area contributed by atoms with Crippen molar-refractivity contribution in [2.24, 2.45) is 4.99 Å². The Morgan fingerprint density at radius 3 is 2.59 bits per heavy atom. The zero-order valence-electron chi connectivity index (χ0n) is 17.5. The van der Waals surface area contributed by atoms with Crippen LogP contribution in [0.1, 0.15) is 30.0 Å². The van der Waals surface area contributed by atoms with Gasteiger partial charge in [0.1, 0.15) is 0 Å². The molecule has 1 fully saturated rings. The molecule has 2 aromatic carbocycles. The van der Waals surface area contributed by atoms with Gasteiger partial charge in [0.2, 0.25) is 0 Å². The minimum atomic E-state index is -0.0668. The van der Waals surface area contributed by atoms with Gasteiger partial charge in [-0.1, -0.05) is 19.1 Å². The van der Waals surface area contributed by atoms with Crippen LogP contribution >= 0.6 is 11.8 Å². The number of benzene rings is 2. The van der Waals surface area contributed by atoms with Crippen molar-refractivity contribution in [3.8, 4) is 11.5 Å². The highest BCUT2D eigenvalue weighted by Crippen LogP contribution is 2.35. The fourth-order valence-electron chi connectivity index (χ4n) is 2.81. The van der Waals surface area contributed by atoms with Crippen molar-refractivity contribution >= 4 is 34.6 Å². The minimum absolute atomic E-state index is 0.0668. The SMILES string of the molecule is CCCOc1ccc(/C=C2/SC(=Nc3ccc(C)c(C)c3)N(C)C2=O)cc1OC. The molecule has 29 heavy (non-hydrogen) atoms. The molecule has 0 atom stereocenters. The number of nitrogens with zero attached hydrogens (tertiary/aromatic N) is 2. The summed E-state index contributed by atoms with van der Waals surface area (Å²) in [5.41, 5.74) is 4.12. The first-order valence-electron chi connectivity index (χ1n) is 9.57. The first kappa shape index (κ1) is 21.0. The lowest BCUT2D eigenvalue weighted by molar-refractivity contribution is -0.121. The predicted molar refractivity (Wildman–Crippen MR) is 120 cm³/mol. The standard InChI is InChI=1S/C23H26N2O3S/c1-6-11-28-19-10-8-17(13-20(19)27-5)14-21-22(26)25(4)23(29-21)24-18-9-7-15(2)16(3)12-18/h7-10,12-14H,6,11H2,1-5H3/b21-14+,24-23?. The third-order valence-corrected chi connectivity index (χ3v) is 5.73. The Morgan fingerprint density at radius 2 is 1.90 bits per heavy atom. The summed E-state index contributed by atoms with van der Waals surface area (Å²) in [6.45, 7) is 6.82. The Balaban J connectivity index is 1.86. The van der Waals surface area contributed by atoms with E-state index in [1.807, 2.05) is 42.5 Å². The third-order valence-electron chi connectivity index (χ3n) is 4.67. The second-order valence-electron chi connectivity index (χ2n) is 6.90. The van der Waals surface area contributed by atoms with E-state index in [1.165, 1.54) is 22.9 Å². The van der Waals surface area contributed by atoms with E-state index in [2.05, 4.69) is 25.8 Å². The number of likely N-dealkylation sites (N-methyl/N-ethyl adjacent to an activating group) is 1. The summed E-state index contributed by atoms with van der Waals surface area (Å²) in [6.07, 6.45) is 2.79. The second-order valence-corrected chi connectivity index (χ2v) is 7.91. The van der Waals surface area contributed by atoms with Crippen LogP contribution in [0.2, 0.25) is 0 Å². The van der Waals surface area contributed by atoms with Crippen molar-refractivity contribution in [1.82, 2.24) is 4.90 Å². The van der Waals surface area contributed by atoms with Crippen molar-refractivity contribution in [2.75, 3.05) is 20.8 Å².